The molecule has 0 aliphatic heterocycles. The Kier molecular flexibility index (Phi) is 2.56. The Morgan fingerprint density at radius 2 is 2.22 bits per heavy atom. The Bertz CT molecular complexity index is 763. The topological polar surface area (TPSA) is 65.1 Å². The lowest BCUT2D eigenvalue weighted by Crippen LogP contribution is -2.22. The maximum atomic E-state index is 12.0. The molecule has 90 valence electrons. The number of nitrogens with zero attached hydrogens (tertiary/aromatic N) is 5. The quantitative estimate of drug-likeness (QED) is 0.690. The molecule has 3 rings (SSSR count). The maximum absolute atomic E-state index is 12.0. The zero-order valence-electron chi connectivity index (χ0n) is 9.19. The first kappa shape index (κ1) is 10.9. The van der Waals surface area contributed by atoms with E-state index in [1.807, 2.05) is 0 Å². The van der Waals surface area contributed by atoms with Crippen LogP contribution in [0.25, 0.3) is 5.65 Å². The molecular weight excluding hydrogens is 254 g/mol. The van der Waals surface area contributed by atoms with Crippen LogP contribution in [0.3, 0.4) is 0 Å². The van der Waals surface area contributed by atoms with Crippen LogP contribution in [0, 0.1) is 0 Å². The fourth-order valence-electron chi connectivity index (χ4n) is 1.67. The molecule has 0 aliphatic rings. The molecule has 0 spiro atoms. The number of halogens is 1. The minimum Gasteiger partial charge on any atom is -0.259 e. The van der Waals surface area contributed by atoms with Crippen LogP contribution in [-0.4, -0.2) is 24.1 Å². The van der Waals surface area contributed by atoms with Crippen molar-refractivity contribution < 1.29 is 0 Å². The molecule has 0 atom stereocenters. The third-order valence-corrected chi connectivity index (χ3v) is 2.71. The van der Waals surface area contributed by atoms with Gasteiger partial charge in [0, 0.05) is 23.6 Å². The number of fused-ring (bicyclic) bond motifs is 1. The van der Waals surface area contributed by atoms with E-state index in [4.69, 9.17) is 11.6 Å². The Labute approximate surface area is 106 Å². The second kappa shape index (κ2) is 4.23. The summed E-state index contributed by atoms with van der Waals surface area (Å²) in [7, 11) is 0. The van der Waals surface area contributed by atoms with Crippen LogP contribution >= 0.6 is 11.6 Å². The summed E-state index contributed by atoms with van der Waals surface area (Å²) in [5, 5.41) is 4.74. The molecule has 7 heteroatoms. The molecule has 0 amide bonds. The molecular formula is C11H8ClN5O. The van der Waals surface area contributed by atoms with Crippen LogP contribution in [0.5, 0.6) is 0 Å². The molecule has 3 heterocycles. The van der Waals surface area contributed by atoms with Gasteiger partial charge in [0.05, 0.1) is 18.4 Å². The van der Waals surface area contributed by atoms with Crippen LogP contribution in [0.4, 0.5) is 0 Å². The van der Waals surface area contributed by atoms with E-state index in [0.717, 1.165) is 0 Å². The van der Waals surface area contributed by atoms with Gasteiger partial charge in [-0.3, -0.25) is 9.97 Å². The van der Waals surface area contributed by atoms with Gasteiger partial charge in [0.25, 0.3) is 0 Å². The van der Waals surface area contributed by atoms with Crippen molar-refractivity contribution in [2.24, 2.45) is 0 Å². The van der Waals surface area contributed by atoms with E-state index in [9.17, 15) is 4.79 Å². The summed E-state index contributed by atoms with van der Waals surface area (Å²) in [6, 6.07) is 3.39. The number of aromatic nitrogens is 5. The van der Waals surface area contributed by atoms with Crippen LogP contribution < -0.4 is 5.69 Å². The SMILES string of the molecule is O=c1n(Cc2cc(Cl)ccn2)nc2cnccn12. The molecule has 0 unspecified atom stereocenters. The second-order valence-electron chi connectivity index (χ2n) is 3.71. The molecule has 3 aromatic rings. The summed E-state index contributed by atoms with van der Waals surface area (Å²) in [6.07, 6.45) is 6.24. The van der Waals surface area contributed by atoms with Crippen molar-refractivity contribution in [3.63, 3.8) is 0 Å². The van der Waals surface area contributed by atoms with Gasteiger partial charge in [-0.05, 0) is 12.1 Å². The minimum atomic E-state index is -0.228. The Morgan fingerprint density at radius 1 is 1.33 bits per heavy atom. The van der Waals surface area contributed by atoms with Gasteiger partial charge in [-0.2, -0.15) is 0 Å². The first-order valence-corrected chi connectivity index (χ1v) is 5.61. The Hall–Kier alpha value is -2.21. The molecule has 3 aromatic heterocycles. The van der Waals surface area contributed by atoms with Crippen LogP contribution in [-0.2, 0) is 6.54 Å². The molecule has 0 N–H and O–H groups in total. The van der Waals surface area contributed by atoms with Crippen molar-refractivity contribution in [1.29, 1.82) is 0 Å². The highest BCUT2D eigenvalue weighted by Crippen LogP contribution is 2.08. The first-order chi connectivity index (χ1) is 8.74. The molecule has 0 fully saturated rings. The van der Waals surface area contributed by atoms with Gasteiger partial charge in [0.1, 0.15) is 0 Å². The predicted molar refractivity (Wildman–Crippen MR) is 65.6 cm³/mol. The highest BCUT2D eigenvalue weighted by atomic mass is 35.5. The fourth-order valence-corrected chi connectivity index (χ4v) is 1.85. The second-order valence-corrected chi connectivity index (χ2v) is 4.15. The first-order valence-electron chi connectivity index (χ1n) is 5.24. The zero-order chi connectivity index (χ0) is 12.5. The molecule has 0 aliphatic carbocycles. The van der Waals surface area contributed by atoms with E-state index < -0.39 is 0 Å². The fraction of sp³-hybridized carbons (Fsp3) is 0.0909. The standard InChI is InChI=1S/C11H8ClN5O/c12-8-1-2-14-9(5-8)7-17-11(18)16-4-3-13-6-10(16)15-17/h1-6H,7H2. The minimum absolute atomic E-state index is 0.228. The number of hydrogen-bond donors (Lipinski definition) is 0. The van der Waals surface area contributed by atoms with Gasteiger partial charge in [-0.15, -0.1) is 5.10 Å². The van der Waals surface area contributed by atoms with Crippen molar-refractivity contribution in [2.75, 3.05) is 0 Å². The summed E-state index contributed by atoms with van der Waals surface area (Å²) in [6.45, 7) is 0.279. The zero-order valence-corrected chi connectivity index (χ0v) is 9.95. The summed E-state index contributed by atoms with van der Waals surface area (Å²) in [4.78, 5) is 20.0. The van der Waals surface area contributed by atoms with Gasteiger partial charge in [-0.1, -0.05) is 11.6 Å². The monoisotopic (exact) mass is 261 g/mol. The summed E-state index contributed by atoms with van der Waals surface area (Å²) < 4.78 is 2.76. The highest BCUT2D eigenvalue weighted by Gasteiger charge is 2.07. The molecule has 0 radical (unpaired) electrons. The maximum Gasteiger partial charge on any atom is 0.350 e. The van der Waals surface area contributed by atoms with E-state index in [1.54, 1.807) is 24.5 Å². The summed E-state index contributed by atoms with van der Waals surface area (Å²) in [5.74, 6) is 0. The smallest absolute Gasteiger partial charge is 0.259 e. The number of rotatable bonds is 2. The molecule has 0 saturated heterocycles. The third kappa shape index (κ3) is 1.86. The van der Waals surface area contributed by atoms with Gasteiger partial charge >= 0.3 is 5.69 Å². The molecule has 0 aromatic carbocycles. The lowest BCUT2D eigenvalue weighted by molar-refractivity contribution is 0.646. The highest BCUT2D eigenvalue weighted by molar-refractivity contribution is 6.30. The van der Waals surface area contributed by atoms with Gasteiger partial charge in [0.15, 0.2) is 5.65 Å². The average Bonchev–Trinajstić information content (AvgIpc) is 2.67. The van der Waals surface area contributed by atoms with Crippen molar-refractivity contribution in [1.82, 2.24) is 24.1 Å². The lowest BCUT2D eigenvalue weighted by atomic mass is 10.3. The van der Waals surface area contributed by atoms with Gasteiger partial charge in [0.2, 0.25) is 0 Å². The lowest BCUT2D eigenvalue weighted by Gasteiger charge is -1.99. The average molecular weight is 262 g/mol. The van der Waals surface area contributed by atoms with E-state index in [-0.39, 0.29) is 12.2 Å². The van der Waals surface area contributed by atoms with Crippen LogP contribution in [0.1, 0.15) is 5.69 Å². The summed E-state index contributed by atoms with van der Waals surface area (Å²) in [5.41, 5.74) is 0.958. The Morgan fingerprint density at radius 3 is 3.00 bits per heavy atom. The van der Waals surface area contributed by atoms with Crippen molar-refractivity contribution in [3.8, 4) is 0 Å². The van der Waals surface area contributed by atoms with E-state index >= 15 is 0 Å². The van der Waals surface area contributed by atoms with E-state index in [0.29, 0.717) is 16.4 Å². The molecule has 18 heavy (non-hydrogen) atoms. The Balaban J connectivity index is 2.05. The van der Waals surface area contributed by atoms with Crippen molar-refractivity contribution in [2.45, 2.75) is 6.54 Å². The normalized spacial score (nSPS) is 10.9. The van der Waals surface area contributed by atoms with Crippen molar-refractivity contribution in [3.05, 3.63) is 58.1 Å². The number of pyridine rings is 1. The molecule has 0 saturated carbocycles. The van der Waals surface area contributed by atoms with Gasteiger partial charge in [-0.25, -0.2) is 13.9 Å². The van der Waals surface area contributed by atoms with Crippen LogP contribution in [0.2, 0.25) is 5.02 Å². The summed E-state index contributed by atoms with van der Waals surface area (Å²) >= 11 is 5.87. The van der Waals surface area contributed by atoms with Gasteiger partial charge < -0.3 is 0 Å². The molecule has 6 nitrogen and oxygen atoms in total. The van der Waals surface area contributed by atoms with E-state index in [1.165, 1.54) is 21.5 Å². The predicted octanol–water partition coefficient (Wildman–Crippen LogP) is 0.988. The third-order valence-electron chi connectivity index (χ3n) is 2.48. The largest absolute Gasteiger partial charge is 0.350 e. The van der Waals surface area contributed by atoms with E-state index in [2.05, 4.69) is 15.1 Å². The van der Waals surface area contributed by atoms with Crippen LogP contribution in [0.15, 0.2) is 41.7 Å². The molecule has 0 bridgehead atoms. The number of hydrogen-bond acceptors (Lipinski definition) is 4. The van der Waals surface area contributed by atoms with Crippen molar-refractivity contribution >= 4 is 17.2 Å².